The van der Waals surface area contributed by atoms with Gasteiger partial charge in [0.2, 0.25) is 0 Å². The van der Waals surface area contributed by atoms with Gasteiger partial charge in [-0.3, -0.25) is 4.79 Å². The van der Waals surface area contributed by atoms with Gasteiger partial charge in [-0.2, -0.15) is 0 Å². The molecule has 1 amide bonds. The highest BCUT2D eigenvalue weighted by molar-refractivity contribution is 9.10. The van der Waals surface area contributed by atoms with Crippen LogP contribution in [0.2, 0.25) is 5.02 Å². The number of nitrogens with one attached hydrogen (secondary N) is 1. The number of ether oxygens (including phenoxy) is 1. The Labute approximate surface area is 135 Å². The van der Waals surface area contributed by atoms with Gasteiger partial charge in [0.1, 0.15) is 5.75 Å². The van der Waals surface area contributed by atoms with E-state index in [1.807, 2.05) is 0 Å². The van der Waals surface area contributed by atoms with Crippen LogP contribution in [0.25, 0.3) is 0 Å². The third kappa shape index (κ3) is 3.48. The Morgan fingerprint density at radius 3 is 2.75 bits per heavy atom. The fraction of sp³-hybridized carbons (Fsp3) is 0.0714. The molecule has 0 bridgehead atoms. The third-order valence-corrected chi connectivity index (χ3v) is 3.92. The molecule has 2 rings (SSSR count). The molecule has 6 heteroatoms. The van der Waals surface area contributed by atoms with Gasteiger partial charge in [-0.05, 0) is 46.3 Å². The second-order valence-corrected chi connectivity index (χ2v) is 5.74. The highest BCUT2D eigenvalue weighted by atomic mass is 79.9. The van der Waals surface area contributed by atoms with Gasteiger partial charge in [-0.1, -0.05) is 11.6 Å². The van der Waals surface area contributed by atoms with E-state index in [1.165, 1.54) is 0 Å². The molecule has 0 fully saturated rings. The highest BCUT2D eigenvalue weighted by Crippen LogP contribution is 2.28. The van der Waals surface area contributed by atoms with E-state index < -0.39 is 0 Å². The van der Waals surface area contributed by atoms with Gasteiger partial charge in [0, 0.05) is 15.4 Å². The minimum absolute atomic E-state index is 0.306. The van der Waals surface area contributed by atoms with Gasteiger partial charge in [-0.25, -0.2) is 0 Å². The molecule has 0 radical (unpaired) electrons. The summed E-state index contributed by atoms with van der Waals surface area (Å²) in [5.41, 5.74) is 0.976. The Balaban J connectivity index is 2.30. The number of halogens is 2. The van der Waals surface area contributed by atoms with Gasteiger partial charge >= 0.3 is 0 Å². The molecule has 1 N–H and O–H groups in total. The zero-order valence-electron chi connectivity index (χ0n) is 10.5. The number of methoxy groups -OCH3 is 1. The second kappa shape index (κ2) is 6.52. The number of carbonyl (C=O) groups excluding carboxylic acids is 1. The molecule has 2 aromatic rings. The molecule has 104 valence electrons. The van der Waals surface area contributed by atoms with Crippen molar-refractivity contribution in [2.45, 2.75) is 4.90 Å². The predicted molar refractivity (Wildman–Crippen MR) is 87.4 cm³/mol. The molecule has 0 heterocycles. The normalized spacial score (nSPS) is 10.2. The number of carbonyl (C=O) groups is 1. The number of hydrogen-bond acceptors (Lipinski definition) is 3. The van der Waals surface area contributed by atoms with Gasteiger partial charge in [0.15, 0.2) is 0 Å². The first-order chi connectivity index (χ1) is 9.51. The summed E-state index contributed by atoms with van der Waals surface area (Å²) in [6.07, 6.45) is 0. The fourth-order valence-corrected chi connectivity index (χ4v) is 2.36. The van der Waals surface area contributed by atoms with E-state index in [2.05, 4.69) is 33.9 Å². The molecule has 20 heavy (non-hydrogen) atoms. The molecule has 2 aromatic carbocycles. The van der Waals surface area contributed by atoms with Crippen LogP contribution in [-0.2, 0) is 0 Å². The number of benzene rings is 2. The highest BCUT2D eigenvalue weighted by Gasteiger charge is 2.13. The van der Waals surface area contributed by atoms with E-state index in [1.54, 1.807) is 43.5 Å². The lowest BCUT2D eigenvalue weighted by atomic mass is 10.2. The number of anilines is 1. The summed E-state index contributed by atoms with van der Waals surface area (Å²) >= 11 is 13.6. The van der Waals surface area contributed by atoms with Crippen molar-refractivity contribution in [1.29, 1.82) is 0 Å². The maximum Gasteiger partial charge on any atom is 0.257 e. The summed E-state index contributed by atoms with van der Waals surface area (Å²) in [6.45, 7) is 0. The summed E-state index contributed by atoms with van der Waals surface area (Å²) in [5, 5.41) is 3.16. The van der Waals surface area contributed by atoms with Crippen molar-refractivity contribution in [1.82, 2.24) is 0 Å². The average molecular weight is 373 g/mol. The van der Waals surface area contributed by atoms with Crippen LogP contribution in [0.5, 0.6) is 5.75 Å². The number of rotatable bonds is 3. The van der Waals surface area contributed by atoms with E-state index in [4.69, 9.17) is 16.3 Å². The first-order valence-corrected chi connectivity index (χ1v) is 7.26. The van der Waals surface area contributed by atoms with Crippen LogP contribution in [0.15, 0.2) is 45.8 Å². The number of hydrogen-bond donors (Lipinski definition) is 2. The van der Waals surface area contributed by atoms with Crippen molar-refractivity contribution >= 4 is 51.8 Å². The van der Waals surface area contributed by atoms with Gasteiger partial charge in [0.25, 0.3) is 5.91 Å². The fourth-order valence-electron chi connectivity index (χ4n) is 1.60. The quantitative estimate of drug-likeness (QED) is 0.770. The molecule has 0 saturated heterocycles. The zero-order valence-corrected chi connectivity index (χ0v) is 13.7. The van der Waals surface area contributed by atoms with Crippen LogP contribution in [0.3, 0.4) is 0 Å². The Kier molecular flexibility index (Phi) is 4.96. The zero-order chi connectivity index (χ0) is 14.7. The number of amides is 1. The second-order valence-electron chi connectivity index (χ2n) is 3.96. The smallest absolute Gasteiger partial charge is 0.257 e. The predicted octanol–water partition coefficient (Wildman–Crippen LogP) is 4.65. The van der Waals surface area contributed by atoms with Crippen LogP contribution < -0.4 is 10.1 Å². The first-order valence-electron chi connectivity index (χ1n) is 5.64. The lowest BCUT2D eigenvalue weighted by Crippen LogP contribution is -2.13. The van der Waals surface area contributed by atoms with Gasteiger partial charge in [0.05, 0.1) is 23.4 Å². The molecule has 0 aliphatic rings. The third-order valence-electron chi connectivity index (χ3n) is 2.62. The summed E-state index contributed by atoms with van der Waals surface area (Å²) < 4.78 is 5.88. The van der Waals surface area contributed by atoms with Gasteiger partial charge in [-0.15, -0.1) is 12.6 Å². The monoisotopic (exact) mass is 371 g/mol. The SMILES string of the molecule is COc1ccc(Br)c(NC(=O)c2cc(S)ccc2Cl)c1. The molecular weight excluding hydrogens is 362 g/mol. The van der Waals surface area contributed by atoms with Gasteiger partial charge < -0.3 is 10.1 Å². The van der Waals surface area contributed by atoms with Crippen molar-refractivity contribution in [3.05, 3.63) is 51.5 Å². The molecule has 0 aliphatic carbocycles. The molecule has 0 aliphatic heterocycles. The van der Waals surface area contributed by atoms with Crippen molar-refractivity contribution in [2.24, 2.45) is 0 Å². The van der Waals surface area contributed by atoms with E-state index in [0.717, 1.165) is 4.47 Å². The summed E-state index contributed by atoms with van der Waals surface area (Å²) in [6, 6.07) is 10.3. The van der Waals surface area contributed by atoms with E-state index in [9.17, 15) is 4.79 Å². The molecule has 3 nitrogen and oxygen atoms in total. The lowest BCUT2D eigenvalue weighted by Gasteiger charge is -2.10. The topological polar surface area (TPSA) is 38.3 Å². The van der Waals surface area contributed by atoms with Crippen LogP contribution in [0, 0.1) is 0 Å². The largest absolute Gasteiger partial charge is 0.497 e. The first kappa shape index (κ1) is 15.2. The van der Waals surface area contributed by atoms with Crippen LogP contribution in [0.4, 0.5) is 5.69 Å². The molecule has 0 atom stereocenters. The molecule has 0 unspecified atom stereocenters. The van der Waals surface area contributed by atoms with E-state index >= 15 is 0 Å². The van der Waals surface area contributed by atoms with Crippen molar-refractivity contribution < 1.29 is 9.53 Å². The molecule has 0 saturated carbocycles. The minimum Gasteiger partial charge on any atom is -0.497 e. The minimum atomic E-state index is -0.306. The molecular formula is C14H11BrClNO2S. The van der Waals surface area contributed by atoms with Crippen LogP contribution in [0.1, 0.15) is 10.4 Å². The van der Waals surface area contributed by atoms with E-state index in [0.29, 0.717) is 26.9 Å². The summed E-state index contributed by atoms with van der Waals surface area (Å²) in [5.74, 6) is 0.345. The lowest BCUT2D eigenvalue weighted by molar-refractivity contribution is 0.102. The maximum absolute atomic E-state index is 12.2. The molecule has 0 aromatic heterocycles. The standard InChI is InChI=1S/C14H11BrClNO2S/c1-19-8-2-4-11(15)13(6-8)17-14(18)10-7-9(20)3-5-12(10)16/h2-7,20H,1H3,(H,17,18). The average Bonchev–Trinajstić information content (AvgIpc) is 2.43. The van der Waals surface area contributed by atoms with E-state index in [-0.39, 0.29) is 5.91 Å². The Morgan fingerprint density at radius 2 is 2.05 bits per heavy atom. The summed E-state index contributed by atoms with van der Waals surface area (Å²) in [4.78, 5) is 12.9. The summed E-state index contributed by atoms with van der Waals surface area (Å²) in [7, 11) is 1.57. The Hall–Kier alpha value is -1.17. The Bertz CT molecular complexity index is 664. The van der Waals surface area contributed by atoms with Crippen molar-refractivity contribution in [3.8, 4) is 5.75 Å². The van der Waals surface area contributed by atoms with Crippen LogP contribution in [-0.4, -0.2) is 13.0 Å². The Morgan fingerprint density at radius 1 is 1.30 bits per heavy atom. The maximum atomic E-state index is 12.2. The van der Waals surface area contributed by atoms with Crippen molar-refractivity contribution in [2.75, 3.05) is 12.4 Å². The number of thiol groups is 1. The molecule has 0 spiro atoms. The van der Waals surface area contributed by atoms with Crippen LogP contribution >= 0.6 is 40.2 Å². The van der Waals surface area contributed by atoms with Crippen molar-refractivity contribution in [3.63, 3.8) is 0 Å².